The monoisotopic (exact) mass is 237 g/mol. The topological polar surface area (TPSA) is 79.5 Å². The Balaban J connectivity index is 2.08. The van der Waals surface area contributed by atoms with Crippen LogP contribution in [0.3, 0.4) is 0 Å². The maximum Gasteiger partial charge on any atom is 0.363 e. The molecule has 0 saturated carbocycles. The van der Waals surface area contributed by atoms with Crippen LogP contribution in [-0.2, 0) is 0 Å². The second-order valence-corrected chi connectivity index (χ2v) is 4.27. The number of anilines is 1. The Morgan fingerprint density at radius 2 is 2.41 bits per heavy atom. The minimum absolute atomic E-state index is 0.135. The molecule has 2 heterocycles. The molecule has 0 aromatic carbocycles. The van der Waals surface area contributed by atoms with Crippen LogP contribution < -0.4 is 4.90 Å². The van der Waals surface area contributed by atoms with Gasteiger partial charge in [-0.25, -0.2) is 0 Å². The van der Waals surface area contributed by atoms with Crippen molar-refractivity contribution in [3.05, 3.63) is 28.4 Å². The molecule has 1 fully saturated rings. The molecule has 1 atom stereocenters. The summed E-state index contributed by atoms with van der Waals surface area (Å²) in [5.41, 5.74) is 0.883. The number of nitro groups is 1. The Morgan fingerprint density at radius 1 is 1.59 bits per heavy atom. The molecule has 17 heavy (non-hydrogen) atoms. The van der Waals surface area contributed by atoms with Gasteiger partial charge in [0.2, 0.25) is 0 Å². The van der Waals surface area contributed by atoms with Crippen molar-refractivity contribution in [1.29, 1.82) is 0 Å². The predicted molar refractivity (Wildman–Crippen MR) is 62.9 cm³/mol. The van der Waals surface area contributed by atoms with E-state index in [2.05, 4.69) is 9.88 Å². The molecule has 1 aliphatic heterocycles. The number of hydrogen-bond donors (Lipinski definition) is 1. The summed E-state index contributed by atoms with van der Waals surface area (Å²) >= 11 is 0. The van der Waals surface area contributed by atoms with Crippen molar-refractivity contribution in [2.24, 2.45) is 5.92 Å². The van der Waals surface area contributed by atoms with Crippen LogP contribution in [0, 0.1) is 16.0 Å². The van der Waals surface area contributed by atoms with Crippen LogP contribution in [0.2, 0.25) is 0 Å². The summed E-state index contributed by atoms with van der Waals surface area (Å²) in [6.45, 7) is 1.89. The fraction of sp³-hybridized carbons (Fsp3) is 0.545. The van der Waals surface area contributed by atoms with Crippen LogP contribution >= 0.6 is 0 Å². The number of hydrogen-bond acceptors (Lipinski definition) is 5. The Morgan fingerprint density at radius 3 is 3.00 bits per heavy atom. The quantitative estimate of drug-likeness (QED) is 0.631. The van der Waals surface area contributed by atoms with Crippen LogP contribution in [0.4, 0.5) is 11.5 Å². The zero-order valence-corrected chi connectivity index (χ0v) is 9.45. The number of aliphatic hydroxyl groups is 1. The van der Waals surface area contributed by atoms with Gasteiger partial charge in [-0.2, -0.15) is 0 Å². The molecular formula is C11H15N3O3. The fourth-order valence-electron chi connectivity index (χ4n) is 2.12. The van der Waals surface area contributed by atoms with Gasteiger partial charge in [-0.05, 0) is 34.7 Å². The summed E-state index contributed by atoms with van der Waals surface area (Å²) in [6, 6.07) is 3.13. The van der Waals surface area contributed by atoms with Gasteiger partial charge in [-0.3, -0.25) is 0 Å². The van der Waals surface area contributed by atoms with Crippen molar-refractivity contribution in [3.63, 3.8) is 0 Å². The van der Waals surface area contributed by atoms with Crippen LogP contribution in [0.1, 0.15) is 12.8 Å². The highest BCUT2D eigenvalue weighted by Gasteiger charge is 2.20. The van der Waals surface area contributed by atoms with E-state index >= 15 is 0 Å². The number of aliphatic hydroxyl groups excluding tert-OH is 1. The van der Waals surface area contributed by atoms with Gasteiger partial charge < -0.3 is 20.1 Å². The second kappa shape index (κ2) is 5.09. The first kappa shape index (κ1) is 11.8. The first-order chi connectivity index (χ1) is 8.20. The first-order valence-electron chi connectivity index (χ1n) is 5.67. The zero-order valence-electron chi connectivity index (χ0n) is 9.45. The van der Waals surface area contributed by atoms with E-state index in [1.807, 2.05) is 0 Å². The van der Waals surface area contributed by atoms with Crippen molar-refractivity contribution in [1.82, 2.24) is 4.98 Å². The molecule has 0 spiro atoms. The summed E-state index contributed by atoms with van der Waals surface area (Å²) in [7, 11) is 0. The molecule has 0 radical (unpaired) electrons. The van der Waals surface area contributed by atoms with E-state index in [9.17, 15) is 10.1 Å². The number of piperidine rings is 1. The summed E-state index contributed by atoms with van der Waals surface area (Å²) < 4.78 is 0. The van der Waals surface area contributed by atoms with Gasteiger partial charge in [-0.1, -0.05) is 0 Å². The lowest BCUT2D eigenvalue weighted by molar-refractivity contribution is -0.389. The molecule has 1 aromatic heterocycles. The molecule has 2 rings (SSSR count). The van der Waals surface area contributed by atoms with Crippen molar-refractivity contribution in [3.8, 4) is 0 Å². The van der Waals surface area contributed by atoms with Crippen LogP contribution in [-0.4, -0.2) is 34.7 Å². The van der Waals surface area contributed by atoms with Crippen molar-refractivity contribution >= 4 is 11.5 Å². The average Bonchev–Trinajstić information content (AvgIpc) is 2.39. The third kappa shape index (κ3) is 2.71. The highest BCUT2D eigenvalue weighted by atomic mass is 16.6. The molecule has 1 saturated heterocycles. The number of pyridine rings is 1. The largest absolute Gasteiger partial charge is 0.396 e. The van der Waals surface area contributed by atoms with Gasteiger partial charge in [0.15, 0.2) is 6.20 Å². The lowest BCUT2D eigenvalue weighted by Crippen LogP contribution is -2.36. The smallest absolute Gasteiger partial charge is 0.363 e. The molecule has 6 heteroatoms. The maximum absolute atomic E-state index is 10.5. The normalized spacial score (nSPS) is 20.3. The zero-order chi connectivity index (χ0) is 12.3. The third-order valence-electron chi connectivity index (χ3n) is 3.06. The highest BCUT2D eigenvalue weighted by Crippen LogP contribution is 2.23. The minimum atomic E-state index is -0.503. The SMILES string of the molecule is O=[N+]([O-])c1ccc(N2CCCC(CO)C2)cn1. The molecule has 1 aliphatic rings. The van der Waals surface area contributed by atoms with Gasteiger partial charge >= 0.3 is 5.82 Å². The molecule has 1 unspecified atom stereocenters. The fourth-order valence-corrected chi connectivity index (χ4v) is 2.12. The summed E-state index contributed by atoms with van der Waals surface area (Å²) in [5, 5.41) is 19.6. The molecule has 6 nitrogen and oxygen atoms in total. The molecular weight excluding hydrogens is 222 g/mol. The number of aromatic nitrogens is 1. The van der Waals surface area contributed by atoms with Crippen LogP contribution in [0.15, 0.2) is 18.3 Å². The Bertz CT molecular complexity index is 393. The number of nitrogens with zero attached hydrogens (tertiary/aromatic N) is 3. The number of rotatable bonds is 3. The average molecular weight is 237 g/mol. The van der Waals surface area contributed by atoms with E-state index in [1.165, 1.54) is 12.3 Å². The van der Waals surface area contributed by atoms with Crippen molar-refractivity contribution < 1.29 is 10.0 Å². The summed E-state index contributed by atoms with van der Waals surface area (Å²) in [4.78, 5) is 15.9. The Kier molecular flexibility index (Phi) is 3.53. The van der Waals surface area contributed by atoms with E-state index in [1.54, 1.807) is 6.07 Å². The summed E-state index contributed by atoms with van der Waals surface area (Å²) in [5.74, 6) is 0.156. The molecule has 92 valence electrons. The van der Waals surface area contributed by atoms with Gasteiger partial charge in [0.05, 0.1) is 5.69 Å². The van der Waals surface area contributed by atoms with Crippen molar-refractivity contribution in [2.45, 2.75) is 12.8 Å². The molecule has 0 bridgehead atoms. The van der Waals surface area contributed by atoms with E-state index in [-0.39, 0.29) is 12.4 Å². The van der Waals surface area contributed by atoms with E-state index < -0.39 is 4.92 Å². The van der Waals surface area contributed by atoms with Gasteiger partial charge in [0, 0.05) is 25.8 Å². The lowest BCUT2D eigenvalue weighted by atomic mass is 9.99. The molecule has 0 amide bonds. The molecule has 0 aliphatic carbocycles. The lowest BCUT2D eigenvalue weighted by Gasteiger charge is -2.32. The molecule has 1 N–H and O–H groups in total. The highest BCUT2D eigenvalue weighted by molar-refractivity contribution is 5.46. The Hall–Kier alpha value is -1.69. The minimum Gasteiger partial charge on any atom is -0.396 e. The van der Waals surface area contributed by atoms with Crippen LogP contribution in [0.25, 0.3) is 0 Å². The predicted octanol–water partition coefficient (Wildman–Crippen LogP) is 1.20. The summed E-state index contributed by atoms with van der Waals surface area (Å²) in [6.07, 6.45) is 3.59. The van der Waals surface area contributed by atoms with E-state index in [0.717, 1.165) is 31.6 Å². The second-order valence-electron chi connectivity index (χ2n) is 4.27. The first-order valence-corrected chi connectivity index (χ1v) is 5.67. The van der Waals surface area contributed by atoms with E-state index in [4.69, 9.17) is 5.11 Å². The Labute approximate surface area is 99.0 Å². The van der Waals surface area contributed by atoms with E-state index in [0.29, 0.717) is 5.92 Å². The third-order valence-corrected chi connectivity index (χ3v) is 3.06. The molecule has 1 aromatic rings. The van der Waals surface area contributed by atoms with Crippen molar-refractivity contribution in [2.75, 3.05) is 24.6 Å². The van der Waals surface area contributed by atoms with Gasteiger partial charge in [0.1, 0.15) is 0 Å². The standard InChI is InChI=1S/C11H15N3O3/c15-8-9-2-1-5-13(7-9)10-3-4-11(12-6-10)14(16)17/h3-4,6,9,15H,1-2,5,7-8H2. The van der Waals surface area contributed by atoms with Gasteiger partial charge in [0.25, 0.3) is 0 Å². The van der Waals surface area contributed by atoms with Crippen LogP contribution in [0.5, 0.6) is 0 Å². The van der Waals surface area contributed by atoms with Gasteiger partial charge in [-0.15, -0.1) is 0 Å². The maximum atomic E-state index is 10.5.